The lowest BCUT2D eigenvalue weighted by Gasteiger charge is -2.11. The van der Waals surface area contributed by atoms with Crippen LogP contribution in [0.1, 0.15) is 19.3 Å². The topological polar surface area (TPSA) is 99.7 Å². The van der Waals surface area contributed by atoms with Gasteiger partial charge in [-0.15, -0.1) is 0 Å². The highest BCUT2D eigenvalue weighted by atomic mass is 14.7. The van der Waals surface area contributed by atoms with E-state index in [0.29, 0.717) is 19.3 Å². The van der Waals surface area contributed by atoms with Crippen molar-refractivity contribution < 1.29 is 0 Å². The van der Waals surface area contributed by atoms with Gasteiger partial charge < -0.3 is 11.5 Å². The summed E-state index contributed by atoms with van der Waals surface area (Å²) in [6.45, 7) is 3.65. The summed E-state index contributed by atoms with van der Waals surface area (Å²) < 4.78 is 0. The Balaban J connectivity index is 3.70. The SMILES string of the molecule is [CH2]CC(CCC(=N)N)C(=N)N. The van der Waals surface area contributed by atoms with Crippen molar-refractivity contribution in [2.24, 2.45) is 17.4 Å². The molecule has 0 heterocycles. The standard InChI is InChI=1S/C7H15N4/c1-2-5(7(10)11)3-4-6(8)9/h5H,1-4H2,(H3,8,9)(H3,10,11). The molecule has 0 amide bonds. The third kappa shape index (κ3) is 4.36. The highest BCUT2D eigenvalue weighted by Gasteiger charge is 2.08. The van der Waals surface area contributed by atoms with Gasteiger partial charge in [0.2, 0.25) is 0 Å². The molecule has 0 rings (SSSR count). The van der Waals surface area contributed by atoms with E-state index < -0.39 is 0 Å². The Morgan fingerprint density at radius 1 is 1.36 bits per heavy atom. The van der Waals surface area contributed by atoms with Gasteiger partial charge in [0.1, 0.15) is 0 Å². The molecule has 0 fully saturated rings. The van der Waals surface area contributed by atoms with Crippen molar-refractivity contribution in [3.05, 3.63) is 6.92 Å². The maximum absolute atomic E-state index is 7.12. The van der Waals surface area contributed by atoms with Crippen LogP contribution in [-0.4, -0.2) is 11.7 Å². The first kappa shape index (κ1) is 9.94. The van der Waals surface area contributed by atoms with Crippen molar-refractivity contribution in [3.63, 3.8) is 0 Å². The van der Waals surface area contributed by atoms with E-state index in [2.05, 4.69) is 6.92 Å². The van der Waals surface area contributed by atoms with E-state index >= 15 is 0 Å². The molecule has 0 aromatic rings. The molecule has 1 radical (unpaired) electrons. The van der Waals surface area contributed by atoms with Gasteiger partial charge >= 0.3 is 0 Å². The summed E-state index contributed by atoms with van der Waals surface area (Å²) in [7, 11) is 0. The monoisotopic (exact) mass is 155 g/mol. The first-order valence-electron chi connectivity index (χ1n) is 3.54. The van der Waals surface area contributed by atoms with Crippen molar-refractivity contribution >= 4 is 11.7 Å². The van der Waals surface area contributed by atoms with Crippen molar-refractivity contribution in [3.8, 4) is 0 Å². The van der Waals surface area contributed by atoms with Crippen LogP contribution in [0.2, 0.25) is 0 Å². The van der Waals surface area contributed by atoms with Crippen LogP contribution in [0.25, 0.3) is 0 Å². The molecule has 0 aliphatic heterocycles. The predicted octanol–water partition coefficient (Wildman–Crippen LogP) is 0.479. The molecule has 1 unspecified atom stereocenters. The van der Waals surface area contributed by atoms with Crippen LogP contribution in [0.15, 0.2) is 0 Å². The maximum atomic E-state index is 7.12. The normalized spacial score (nSPS) is 12.5. The highest BCUT2D eigenvalue weighted by Crippen LogP contribution is 2.09. The summed E-state index contributed by atoms with van der Waals surface area (Å²) in [5.74, 6) is 0.268. The van der Waals surface area contributed by atoms with Gasteiger partial charge in [0.05, 0.1) is 11.7 Å². The minimum absolute atomic E-state index is 0.0149. The summed E-state index contributed by atoms with van der Waals surface area (Å²) in [6, 6.07) is 0. The van der Waals surface area contributed by atoms with Gasteiger partial charge in [0, 0.05) is 12.3 Å². The van der Waals surface area contributed by atoms with Crippen molar-refractivity contribution in [2.45, 2.75) is 19.3 Å². The summed E-state index contributed by atoms with van der Waals surface area (Å²) >= 11 is 0. The van der Waals surface area contributed by atoms with Crippen LogP contribution in [0.4, 0.5) is 0 Å². The molecule has 0 aromatic heterocycles. The smallest absolute Gasteiger partial charge is 0.0937 e. The lowest BCUT2D eigenvalue weighted by atomic mass is 9.99. The van der Waals surface area contributed by atoms with Gasteiger partial charge in [0.25, 0.3) is 0 Å². The van der Waals surface area contributed by atoms with Crippen molar-refractivity contribution in [2.75, 3.05) is 0 Å². The van der Waals surface area contributed by atoms with Gasteiger partial charge in [-0.25, -0.2) is 0 Å². The highest BCUT2D eigenvalue weighted by molar-refractivity contribution is 5.81. The van der Waals surface area contributed by atoms with E-state index in [9.17, 15) is 0 Å². The van der Waals surface area contributed by atoms with Crippen LogP contribution in [0, 0.1) is 23.7 Å². The molecule has 0 aliphatic rings. The number of hydrogen-bond donors (Lipinski definition) is 4. The van der Waals surface area contributed by atoms with Crippen LogP contribution < -0.4 is 11.5 Å². The molecule has 6 N–H and O–H groups in total. The third-order valence-corrected chi connectivity index (χ3v) is 1.55. The van der Waals surface area contributed by atoms with E-state index in [1.165, 1.54) is 0 Å². The minimum Gasteiger partial charge on any atom is -0.388 e. The van der Waals surface area contributed by atoms with E-state index in [4.69, 9.17) is 22.3 Å². The van der Waals surface area contributed by atoms with Gasteiger partial charge in [-0.05, 0) is 12.8 Å². The Morgan fingerprint density at radius 2 is 1.91 bits per heavy atom. The van der Waals surface area contributed by atoms with E-state index in [1.54, 1.807) is 0 Å². The molecular weight excluding hydrogens is 140 g/mol. The minimum atomic E-state index is -0.0149. The molecule has 0 bridgehead atoms. The molecule has 4 heteroatoms. The molecule has 0 saturated carbocycles. The Hall–Kier alpha value is -1.06. The van der Waals surface area contributed by atoms with Crippen LogP contribution in [0.3, 0.4) is 0 Å². The summed E-state index contributed by atoms with van der Waals surface area (Å²) in [5, 5.41) is 14.1. The average molecular weight is 155 g/mol. The van der Waals surface area contributed by atoms with Crippen LogP contribution >= 0.6 is 0 Å². The number of hydrogen-bond acceptors (Lipinski definition) is 2. The number of nitrogens with two attached hydrogens (primary N) is 2. The largest absolute Gasteiger partial charge is 0.388 e. The van der Waals surface area contributed by atoms with E-state index in [0.717, 1.165) is 0 Å². The Kier molecular flexibility index (Phi) is 4.26. The second-order valence-corrected chi connectivity index (χ2v) is 2.50. The van der Waals surface area contributed by atoms with Crippen molar-refractivity contribution in [1.29, 1.82) is 10.8 Å². The van der Waals surface area contributed by atoms with E-state index in [-0.39, 0.29) is 17.6 Å². The fourth-order valence-corrected chi connectivity index (χ4v) is 0.785. The molecule has 0 aliphatic carbocycles. The molecule has 1 atom stereocenters. The van der Waals surface area contributed by atoms with Gasteiger partial charge in [0.15, 0.2) is 0 Å². The summed E-state index contributed by atoms with van der Waals surface area (Å²) in [4.78, 5) is 0. The first-order valence-corrected chi connectivity index (χ1v) is 3.54. The fourth-order valence-electron chi connectivity index (χ4n) is 0.785. The third-order valence-electron chi connectivity index (χ3n) is 1.55. The second-order valence-electron chi connectivity index (χ2n) is 2.50. The molecule has 63 valence electrons. The molecule has 0 saturated heterocycles. The molecule has 4 nitrogen and oxygen atoms in total. The Morgan fingerprint density at radius 3 is 2.18 bits per heavy atom. The molecule has 11 heavy (non-hydrogen) atoms. The Labute approximate surface area is 67.0 Å². The lowest BCUT2D eigenvalue weighted by Crippen LogP contribution is -2.23. The van der Waals surface area contributed by atoms with Gasteiger partial charge in [-0.2, -0.15) is 0 Å². The quantitative estimate of drug-likeness (QED) is 0.343. The maximum Gasteiger partial charge on any atom is 0.0937 e. The van der Waals surface area contributed by atoms with Gasteiger partial charge in [-0.3, -0.25) is 10.8 Å². The van der Waals surface area contributed by atoms with Crippen LogP contribution in [-0.2, 0) is 0 Å². The second kappa shape index (κ2) is 4.71. The van der Waals surface area contributed by atoms with Crippen molar-refractivity contribution in [1.82, 2.24) is 0 Å². The van der Waals surface area contributed by atoms with Gasteiger partial charge in [-0.1, -0.05) is 6.92 Å². The lowest BCUT2D eigenvalue weighted by molar-refractivity contribution is 0.639. The molecular formula is C7H15N4. The zero-order valence-electron chi connectivity index (χ0n) is 6.56. The molecule has 0 aromatic carbocycles. The van der Waals surface area contributed by atoms with E-state index in [1.807, 2.05) is 0 Å². The number of nitrogens with one attached hydrogen (secondary N) is 2. The average Bonchev–Trinajstić information content (AvgIpc) is 1.87. The van der Waals surface area contributed by atoms with Crippen LogP contribution in [0.5, 0.6) is 0 Å². The predicted molar refractivity (Wildman–Crippen MR) is 46.5 cm³/mol. The zero-order valence-corrected chi connectivity index (χ0v) is 6.56. The summed E-state index contributed by atoms with van der Waals surface area (Å²) in [5.41, 5.74) is 10.4. The first-order chi connectivity index (χ1) is 5.07. The summed E-state index contributed by atoms with van der Waals surface area (Å²) in [6.07, 6.45) is 1.76. The number of amidine groups is 2. The zero-order chi connectivity index (χ0) is 8.85. The number of rotatable bonds is 5. The molecule has 0 spiro atoms. The Bertz CT molecular complexity index is 153. The fraction of sp³-hybridized carbons (Fsp3) is 0.571.